The first-order valence-corrected chi connectivity index (χ1v) is 8.56. The number of likely N-dealkylation sites (N-methyl/N-ethyl adjacent to an activating group) is 4. The van der Waals surface area contributed by atoms with Crippen molar-refractivity contribution in [2.45, 2.75) is 0 Å². The first kappa shape index (κ1) is 16.6. The van der Waals surface area contributed by atoms with E-state index in [-0.39, 0.29) is 0 Å². The van der Waals surface area contributed by atoms with Crippen molar-refractivity contribution in [3.05, 3.63) is 24.3 Å². The maximum Gasteiger partial charge on any atom is 0.355 e. The van der Waals surface area contributed by atoms with Crippen molar-refractivity contribution in [1.29, 1.82) is 0 Å². The minimum Gasteiger partial charge on any atom is -0.264 e. The zero-order valence-corrected chi connectivity index (χ0v) is 15.8. The average Bonchev–Trinajstić information content (AvgIpc) is 3.08. The molecule has 130 valence electrons. The summed E-state index contributed by atoms with van der Waals surface area (Å²) < 4.78 is 4.63. The standard InChI is InChI=1S/C18H30N6/c1-19-11-12-20(2)17(19)23(5)15-9-7-8-10-16(15)24(6)18-21(3)13-14-22(18)4/h7-10H,11-14H2,1-6H3/q+2. The first-order chi connectivity index (χ1) is 11.4. The summed E-state index contributed by atoms with van der Waals surface area (Å²) in [5, 5.41) is 0. The molecule has 2 aliphatic rings. The molecule has 0 saturated carbocycles. The lowest BCUT2D eigenvalue weighted by atomic mass is 10.2. The van der Waals surface area contributed by atoms with Crippen molar-refractivity contribution in [2.24, 2.45) is 0 Å². The van der Waals surface area contributed by atoms with Crippen molar-refractivity contribution in [3.8, 4) is 0 Å². The molecule has 6 heteroatoms. The molecule has 0 saturated heterocycles. The largest absolute Gasteiger partial charge is 0.355 e. The van der Waals surface area contributed by atoms with E-state index in [0.29, 0.717) is 0 Å². The molecule has 0 bridgehead atoms. The van der Waals surface area contributed by atoms with Gasteiger partial charge in [-0.1, -0.05) is 12.1 Å². The molecule has 6 nitrogen and oxygen atoms in total. The Bertz CT molecular complexity index is 634. The van der Waals surface area contributed by atoms with Gasteiger partial charge < -0.3 is 0 Å². The van der Waals surface area contributed by atoms with Gasteiger partial charge in [0, 0.05) is 0 Å². The molecule has 24 heavy (non-hydrogen) atoms. The third-order valence-corrected chi connectivity index (χ3v) is 5.11. The smallest absolute Gasteiger partial charge is 0.264 e. The molecule has 3 rings (SSSR count). The molecular formula is C18H30N6+2. The van der Waals surface area contributed by atoms with E-state index < -0.39 is 0 Å². The van der Waals surface area contributed by atoms with E-state index in [2.05, 4.69) is 95.3 Å². The van der Waals surface area contributed by atoms with Crippen LogP contribution in [0.25, 0.3) is 0 Å². The van der Waals surface area contributed by atoms with Crippen molar-refractivity contribution >= 4 is 23.3 Å². The van der Waals surface area contributed by atoms with Crippen LogP contribution in [0.3, 0.4) is 0 Å². The third kappa shape index (κ3) is 2.70. The fourth-order valence-corrected chi connectivity index (χ4v) is 3.85. The maximum atomic E-state index is 2.32. The summed E-state index contributed by atoms with van der Waals surface area (Å²) in [6.45, 7) is 4.27. The first-order valence-electron chi connectivity index (χ1n) is 8.56. The summed E-state index contributed by atoms with van der Waals surface area (Å²) in [6.07, 6.45) is 0. The van der Waals surface area contributed by atoms with Crippen LogP contribution in [0.4, 0.5) is 11.4 Å². The van der Waals surface area contributed by atoms with Crippen LogP contribution in [-0.2, 0) is 0 Å². The molecule has 0 atom stereocenters. The van der Waals surface area contributed by atoms with Gasteiger partial charge in [0.1, 0.15) is 11.4 Å². The van der Waals surface area contributed by atoms with E-state index in [1.807, 2.05) is 0 Å². The molecule has 0 aromatic heterocycles. The Kier molecular flexibility index (Phi) is 4.39. The molecule has 1 aromatic carbocycles. The van der Waals surface area contributed by atoms with Crippen molar-refractivity contribution in [2.75, 3.05) is 78.3 Å². The molecule has 0 radical (unpaired) electrons. The highest BCUT2D eigenvalue weighted by molar-refractivity contribution is 6.01. The fourth-order valence-electron chi connectivity index (χ4n) is 3.85. The second kappa shape index (κ2) is 6.34. The predicted octanol–water partition coefficient (Wildman–Crippen LogP) is 0.446. The van der Waals surface area contributed by atoms with Crippen LogP contribution in [0.5, 0.6) is 0 Å². The quantitative estimate of drug-likeness (QED) is 0.733. The number of hydrogen-bond donors (Lipinski definition) is 0. The number of para-hydroxylation sites is 2. The van der Waals surface area contributed by atoms with E-state index in [1.54, 1.807) is 0 Å². The van der Waals surface area contributed by atoms with E-state index in [1.165, 1.54) is 23.3 Å². The lowest BCUT2D eigenvalue weighted by molar-refractivity contribution is -0.487. The van der Waals surface area contributed by atoms with Crippen LogP contribution >= 0.6 is 0 Å². The molecule has 0 unspecified atom stereocenters. The topological polar surface area (TPSA) is 19.0 Å². The van der Waals surface area contributed by atoms with E-state index in [4.69, 9.17) is 0 Å². The van der Waals surface area contributed by atoms with Crippen LogP contribution in [-0.4, -0.2) is 99.3 Å². The third-order valence-electron chi connectivity index (χ3n) is 5.11. The summed E-state index contributed by atoms with van der Waals surface area (Å²) >= 11 is 0. The summed E-state index contributed by atoms with van der Waals surface area (Å²) in [4.78, 5) is 9.23. The fraction of sp³-hybridized carbons (Fsp3) is 0.556. The van der Waals surface area contributed by atoms with Gasteiger partial charge in [-0.05, 0) is 12.1 Å². The zero-order chi connectivity index (χ0) is 17.4. The average molecular weight is 330 g/mol. The van der Waals surface area contributed by atoms with E-state index >= 15 is 0 Å². The maximum absolute atomic E-state index is 2.32. The van der Waals surface area contributed by atoms with Gasteiger partial charge >= 0.3 is 11.9 Å². The van der Waals surface area contributed by atoms with Gasteiger partial charge in [0.2, 0.25) is 0 Å². The molecule has 0 amide bonds. The van der Waals surface area contributed by atoms with Gasteiger partial charge in [0.05, 0.1) is 68.5 Å². The number of hydrogen-bond acceptors (Lipinski definition) is 4. The van der Waals surface area contributed by atoms with Crippen LogP contribution < -0.4 is 9.80 Å². The Hall–Kier alpha value is -2.24. The van der Waals surface area contributed by atoms with Crippen molar-refractivity contribution in [3.63, 3.8) is 0 Å². The van der Waals surface area contributed by atoms with Gasteiger partial charge in [0.25, 0.3) is 0 Å². The molecule has 0 N–H and O–H groups in total. The molecule has 0 aliphatic carbocycles. The molecule has 0 spiro atoms. The van der Waals surface area contributed by atoms with Gasteiger partial charge in [0.15, 0.2) is 0 Å². The second-order valence-electron chi connectivity index (χ2n) is 6.89. The van der Waals surface area contributed by atoms with Crippen LogP contribution in [0.15, 0.2) is 24.3 Å². The van der Waals surface area contributed by atoms with E-state index in [9.17, 15) is 0 Å². The number of anilines is 2. The van der Waals surface area contributed by atoms with Gasteiger partial charge in [-0.15, -0.1) is 0 Å². The normalized spacial score (nSPS) is 18.1. The summed E-state index contributed by atoms with van der Waals surface area (Å²) in [5.41, 5.74) is 2.44. The SMILES string of the molecule is CN1CC[N+](C)=C1N(C)c1ccccc1N(C)C1=[N+](C)CCN1C. The Morgan fingerprint density at radius 2 is 1.17 bits per heavy atom. The number of rotatable bonds is 2. The molecular weight excluding hydrogens is 300 g/mol. The van der Waals surface area contributed by atoms with Crippen molar-refractivity contribution in [1.82, 2.24) is 9.80 Å². The highest BCUT2D eigenvalue weighted by Crippen LogP contribution is 2.29. The van der Waals surface area contributed by atoms with Crippen LogP contribution in [0.1, 0.15) is 0 Å². The highest BCUT2D eigenvalue weighted by Gasteiger charge is 2.35. The minimum absolute atomic E-state index is 1.07. The summed E-state index contributed by atoms with van der Waals surface area (Å²) in [6, 6.07) is 8.64. The van der Waals surface area contributed by atoms with Crippen LogP contribution in [0.2, 0.25) is 0 Å². The Morgan fingerprint density at radius 1 is 0.792 bits per heavy atom. The minimum atomic E-state index is 1.07. The number of benzene rings is 1. The Balaban J connectivity index is 2.00. The van der Waals surface area contributed by atoms with Gasteiger partial charge in [-0.3, -0.25) is 19.0 Å². The summed E-state index contributed by atoms with van der Waals surface area (Å²) in [7, 11) is 13.0. The highest BCUT2D eigenvalue weighted by atomic mass is 15.5. The number of guanidine groups is 2. The van der Waals surface area contributed by atoms with Gasteiger partial charge in [-0.25, -0.2) is 9.80 Å². The zero-order valence-electron chi connectivity index (χ0n) is 15.8. The lowest BCUT2D eigenvalue weighted by Gasteiger charge is -2.24. The number of nitrogens with zero attached hydrogens (tertiary/aromatic N) is 6. The van der Waals surface area contributed by atoms with Crippen LogP contribution in [0, 0.1) is 0 Å². The lowest BCUT2D eigenvalue weighted by Crippen LogP contribution is -2.43. The van der Waals surface area contributed by atoms with Gasteiger partial charge in [-0.2, -0.15) is 0 Å². The molecule has 1 aromatic rings. The molecule has 0 fully saturated rings. The van der Waals surface area contributed by atoms with Crippen molar-refractivity contribution < 1.29 is 9.15 Å². The molecule has 2 heterocycles. The summed E-state index contributed by atoms with van der Waals surface area (Å²) in [5.74, 6) is 2.49. The second-order valence-corrected chi connectivity index (χ2v) is 6.89. The Morgan fingerprint density at radius 3 is 1.46 bits per heavy atom. The van der Waals surface area contributed by atoms with E-state index in [0.717, 1.165) is 26.2 Å². The monoisotopic (exact) mass is 330 g/mol. The predicted molar refractivity (Wildman–Crippen MR) is 101 cm³/mol. The Labute approximate surface area is 145 Å². The molecule has 2 aliphatic heterocycles.